The number of nitrogens with zero attached hydrogens (tertiary/aromatic N) is 1. The van der Waals surface area contributed by atoms with E-state index < -0.39 is 6.04 Å². The first-order valence-corrected chi connectivity index (χ1v) is 9.74. The molecule has 2 amide bonds. The Kier molecular flexibility index (Phi) is 8.05. The number of hydrogen-bond acceptors (Lipinski definition) is 2. The van der Waals surface area contributed by atoms with Crippen LogP contribution in [-0.2, 0) is 29.0 Å². The minimum Gasteiger partial charge on any atom is -0.355 e. The fourth-order valence-corrected chi connectivity index (χ4v) is 3.02. The Morgan fingerprint density at radius 3 is 2.15 bits per heavy atom. The first kappa shape index (κ1) is 20.7. The Morgan fingerprint density at radius 1 is 0.926 bits per heavy atom. The van der Waals surface area contributed by atoms with Gasteiger partial charge in [-0.1, -0.05) is 61.5 Å². The summed E-state index contributed by atoms with van der Waals surface area (Å²) in [5, 5.41) is 2.82. The van der Waals surface area contributed by atoms with E-state index in [9.17, 15) is 9.59 Å². The molecule has 0 saturated heterocycles. The number of rotatable bonds is 9. The van der Waals surface area contributed by atoms with Gasteiger partial charge in [-0.2, -0.15) is 0 Å². The average molecular weight is 367 g/mol. The zero-order valence-electron chi connectivity index (χ0n) is 16.6. The third kappa shape index (κ3) is 6.24. The van der Waals surface area contributed by atoms with E-state index >= 15 is 0 Å². The lowest BCUT2D eigenvalue weighted by Crippen LogP contribution is -2.47. The summed E-state index contributed by atoms with van der Waals surface area (Å²) < 4.78 is 0. The highest BCUT2D eigenvalue weighted by Crippen LogP contribution is 2.13. The number of aryl methyl sites for hydroxylation is 2. The molecule has 0 aliphatic rings. The van der Waals surface area contributed by atoms with Crippen molar-refractivity contribution < 1.29 is 9.59 Å². The molecule has 0 spiro atoms. The second-order valence-corrected chi connectivity index (χ2v) is 6.75. The zero-order chi connectivity index (χ0) is 19.6. The van der Waals surface area contributed by atoms with Crippen LogP contribution in [0.15, 0.2) is 54.6 Å². The minimum atomic E-state index is -0.500. The molecule has 2 rings (SSSR count). The van der Waals surface area contributed by atoms with Gasteiger partial charge in [0.2, 0.25) is 11.8 Å². The maximum atomic E-state index is 12.9. The molecule has 0 saturated carbocycles. The van der Waals surface area contributed by atoms with Gasteiger partial charge in [-0.05, 0) is 43.4 Å². The highest BCUT2D eigenvalue weighted by Gasteiger charge is 2.25. The predicted octanol–water partition coefficient (Wildman–Crippen LogP) is 3.74. The van der Waals surface area contributed by atoms with E-state index in [1.165, 1.54) is 5.56 Å². The van der Waals surface area contributed by atoms with Crippen LogP contribution >= 0.6 is 0 Å². The van der Waals surface area contributed by atoms with Crippen LogP contribution < -0.4 is 5.32 Å². The van der Waals surface area contributed by atoms with Gasteiger partial charge in [0.05, 0.1) is 0 Å². The Labute approximate surface area is 162 Å². The summed E-state index contributed by atoms with van der Waals surface area (Å²) in [6.45, 7) is 6.80. The summed E-state index contributed by atoms with van der Waals surface area (Å²) >= 11 is 0. The third-order valence-electron chi connectivity index (χ3n) is 4.77. The van der Waals surface area contributed by atoms with Gasteiger partial charge < -0.3 is 10.2 Å². The van der Waals surface area contributed by atoms with Crippen LogP contribution in [0.5, 0.6) is 0 Å². The van der Waals surface area contributed by atoms with E-state index in [0.29, 0.717) is 25.9 Å². The average Bonchev–Trinajstić information content (AvgIpc) is 2.71. The standard InChI is InChI=1S/C23H30N2O2/c1-4-19-11-13-20(14-12-19)15-16-22(26)25(18(3)23(27)24-5-2)17-21-9-7-6-8-10-21/h6-14,18H,4-5,15-17H2,1-3H3,(H,24,27)/t18-/m0/s1. The molecule has 1 atom stereocenters. The summed E-state index contributed by atoms with van der Waals surface area (Å²) in [5.41, 5.74) is 3.46. The van der Waals surface area contributed by atoms with E-state index in [0.717, 1.165) is 17.5 Å². The third-order valence-corrected chi connectivity index (χ3v) is 4.77. The van der Waals surface area contributed by atoms with Gasteiger partial charge in [0.1, 0.15) is 6.04 Å². The lowest BCUT2D eigenvalue weighted by atomic mass is 10.0. The van der Waals surface area contributed by atoms with Crippen molar-refractivity contribution in [3.63, 3.8) is 0 Å². The molecule has 2 aromatic rings. The van der Waals surface area contributed by atoms with Gasteiger partial charge in [-0.25, -0.2) is 0 Å². The van der Waals surface area contributed by atoms with Crippen LogP contribution in [0.4, 0.5) is 0 Å². The van der Waals surface area contributed by atoms with Crippen molar-refractivity contribution in [2.45, 2.75) is 52.6 Å². The van der Waals surface area contributed by atoms with E-state index in [1.54, 1.807) is 11.8 Å². The molecular formula is C23H30N2O2. The number of likely N-dealkylation sites (N-methyl/N-ethyl adjacent to an activating group) is 1. The van der Waals surface area contributed by atoms with Crippen LogP contribution in [0, 0.1) is 0 Å². The van der Waals surface area contributed by atoms with Crippen molar-refractivity contribution in [2.24, 2.45) is 0 Å². The van der Waals surface area contributed by atoms with E-state index in [-0.39, 0.29) is 11.8 Å². The van der Waals surface area contributed by atoms with Crippen LogP contribution in [0.1, 0.15) is 43.9 Å². The van der Waals surface area contributed by atoms with Gasteiger partial charge in [0, 0.05) is 19.5 Å². The molecule has 144 valence electrons. The number of carbonyl (C=O) groups is 2. The first-order chi connectivity index (χ1) is 13.0. The van der Waals surface area contributed by atoms with Crippen molar-refractivity contribution in [2.75, 3.05) is 6.54 Å². The van der Waals surface area contributed by atoms with E-state index in [4.69, 9.17) is 0 Å². The maximum absolute atomic E-state index is 12.9. The molecule has 2 aromatic carbocycles. The van der Waals surface area contributed by atoms with Crippen LogP contribution in [0.25, 0.3) is 0 Å². The minimum absolute atomic E-state index is 0.00262. The molecular weight excluding hydrogens is 336 g/mol. The Hall–Kier alpha value is -2.62. The van der Waals surface area contributed by atoms with E-state index in [2.05, 4.69) is 36.5 Å². The Morgan fingerprint density at radius 2 is 1.56 bits per heavy atom. The SMILES string of the molecule is CCNC(=O)[C@H](C)N(Cc1ccccc1)C(=O)CCc1ccc(CC)cc1. The summed E-state index contributed by atoms with van der Waals surface area (Å²) in [7, 11) is 0. The summed E-state index contributed by atoms with van der Waals surface area (Å²) in [6, 6.07) is 17.7. The highest BCUT2D eigenvalue weighted by molar-refractivity contribution is 5.87. The molecule has 0 unspecified atom stereocenters. The monoisotopic (exact) mass is 366 g/mol. The highest BCUT2D eigenvalue weighted by atomic mass is 16.2. The van der Waals surface area contributed by atoms with Crippen LogP contribution in [0.3, 0.4) is 0 Å². The van der Waals surface area contributed by atoms with Crippen molar-refractivity contribution >= 4 is 11.8 Å². The lowest BCUT2D eigenvalue weighted by molar-refractivity contribution is -0.140. The molecule has 0 heterocycles. The Balaban J connectivity index is 2.07. The molecule has 4 heteroatoms. The second kappa shape index (κ2) is 10.5. The molecule has 0 aromatic heterocycles. The molecule has 4 nitrogen and oxygen atoms in total. The fraction of sp³-hybridized carbons (Fsp3) is 0.391. The molecule has 0 aliphatic heterocycles. The van der Waals surface area contributed by atoms with Crippen LogP contribution in [0.2, 0.25) is 0 Å². The number of benzene rings is 2. The molecule has 0 radical (unpaired) electrons. The molecule has 0 bridgehead atoms. The maximum Gasteiger partial charge on any atom is 0.242 e. The normalized spacial score (nSPS) is 11.7. The van der Waals surface area contributed by atoms with Gasteiger partial charge in [-0.3, -0.25) is 9.59 Å². The summed E-state index contributed by atoms with van der Waals surface area (Å²) in [5.74, 6) is -0.119. The second-order valence-electron chi connectivity index (χ2n) is 6.75. The molecule has 27 heavy (non-hydrogen) atoms. The fourth-order valence-electron chi connectivity index (χ4n) is 3.02. The molecule has 1 N–H and O–H groups in total. The van der Waals surface area contributed by atoms with Gasteiger partial charge in [-0.15, -0.1) is 0 Å². The quantitative estimate of drug-likeness (QED) is 0.735. The van der Waals surface area contributed by atoms with Gasteiger partial charge in [0.15, 0.2) is 0 Å². The smallest absolute Gasteiger partial charge is 0.242 e. The largest absolute Gasteiger partial charge is 0.355 e. The zero-order valence-corrected chi connectivity index (χ0v) is 16.6. The van der Waals surface area contributed by atoms with Crippen LogP contribution in [-0.4, -0.2) is 29.3 Å². The topological polar surface area (TPSA) is 49.4 Å². The number of amides is 2. The summed E-state index contributed by atoms with van der Waals surface area (Å²) in [6.07, 6.45) is 2.08. The van der Waals surface area contributed by atoms with Gasteiger partial charge in [0.25, 0.3) is 0 Å². The predicted molar refractivity (Wildman–Crippen MR) is 109 cm³/mol. The van der Waals surface area contributed by atoms with Crippen molar-refractivity contribution in [1.29, 1.82) is 0 Å². The number of hydrogen-bond donors (Lipinski definition) is 1. The Bertz CT molecular complexity index is 726. The summed E-state index contributed by atoms with van der Waals surface area (Å²) in [4.78, 5) is 26.9. The van der Waals surface area contributed by atoms with E-state index in [1.807, 2.05) is 37.3 Å². The van der Waals surface area contributed by atoms with Gasteiger partial charge >= 0.3 is 0 Å². The lowest BCUT2D eigenvalue weighted by Gasteiger charge is -2.28. The van der Waals surface area contributed by atoms with Crippen molar-refractivity contribution in [1.82, 2.24) is 10.2 Å². The van der Waals surface area contributed by atoms with Crippen molar-refractivity contribution in [3.8, 4) is 0 Å². The van der Waals surface area contributed by atoms with Crippen molar-refractivity contribution in [3.05, 3.63) is 71.3 Å². The number of nitrogens with one attached hydrogen (secondary N) is 1. The first-order valence-electron chi connectivity index (χ1n) is 9.74. The molecule has 0 fully saturated rings. The molecule has 0 aliphatic carbocycles. The number of carbonyl (C=O) groups excluding carboxylic acids is 2.